The minimum absolute atomic E-state index is 0.160. The lowest BCUT2D eigenvalue weighted by Gasteiger charge is -2.10. The highest BCUT2D eigenvalue weighted by atomic mass is 35.5. The molecule has 0 radical (unpaired) electrons. The molecule has 33 heavy (non-hydrogen) atoms. The maximum absolute atomic E-state index is 12.4. The van der Waals surface area contributed by atoms with Crippen molar-refractivity contribution >= 4 is 58.2 Å². The summed E-state index contributed by atoms with van der Waals surface area (Å²) in [6.45, 7) is 6.86. The van der Waals surface area contributed by atoms with Crippen molar-refractivity contribution in [2.75, 3.05) is 17.7 Å². The summed E-state index contributed by atoms with van der Waals surface area (Å²) in [4.78, 5) is 12.4. The molecule has 174 valence electrons. The van der Waals surface area contributed by atoms with Gasteiger partial charge in [0.2, 0.25) is 5.91 Å². The molecule has 3 aromatic rings. The van der Waals surface area contributed by atoms with Gasteiger partial charge in [-0.15, -0.1) is 16.8 Å². The van der Waals surface area contributed by atoms with E-state index in [4.69, 9.17) is 39.5 Å². The highest BCUT2D eigenvalue weighted by Crippen LogP contribution is 2.26. The summed E-state index contributed by atoms with van der Waals surface area (Å²) in [6, 6.07) is 10.5. The van der Waals surface area contributed by atoms with Crippen molar-refractivity contribution in [2.45, 2.75) is 31.5 Å². The van der Waals surface area contributed by atoms with Gasteiger partial charge in [-0.2, -0.15) is 0 Å². The van der Waals surface area contributed by atoms with Crippen molar-refractivity contribution in [3.05, 3.63) is 75.5 Å². The first kappa shape index (κ1) is 25.4. The largest absolute Gasteiger partial charge is 0.493 e. The molecule has 3 rings (SSSR count). The van der Waals surface area contributed by atoms with Crippen molar-refractivity contribution in [1.29, 1.82) is 0 Å². The number of amides is 1. The normalized spacial score (nSPS) is 10.8. The van der Waals surface area contributed by atoms with Crippen LogP contribution in [0.3, 0.4) is 0 Å². The van der Waals surface area contributed by atoms with Gasteiger partial charge >= 0.3 is 0 Å². The zero-order chi connectivity index (χ0) is 23.8. The lowest BCUT2D eigenvalue weighted by molar-refractivity contribution is -0.113. The van der Waals surface area contributed by atoms with Gasteiger partial charge in [-0.05, 0) is 55.3 Å². The first-order chi connectivity index (χ1) is 15.9. The number of hydrogen-bond acceptors (Lipinski definition) is 5. The third kappa shape index (κ3) is 7.40. The summed E-state index contributed by atoms with van der Waals surface area (Å²) in [7, 11) is 0. The summed E-state index contributed by atoms with van der Waals surface area (Å²) in [5, 5.41) is 13.6. The number of carbonyl (C=O) groups is 1. The standard InChI is InChI=1S/C23H23Cl3N4O2S/c1-3-10-30-21(5-4-11-32-20-9-7-16(24)12-15(20)2)28-29-23(30)33-14-22(31)27-19-8-6-17(25)13-18(19)26/h3,6-9,12-13H,1,4-5,10-11,14H2,2H3,(H,27,31). The minimum Gasteiger partial charge on any atom is -0.493 e. The average molecular weight is 526 g/mol. The van der Waals surface area contributed by atoms with E-state index in [9.17, 15) is 4.79 Å². The van der Waals surface area contributed by atoms with Crippen LogP contribution in [-0.2, 0) is 17.8 Å². The summed E-state index contributed by atoms with van der Waals surface area (Å²) in [5.41, 5.74) is 1.50. The van der Waals surface area contributed by atoms with E-state index in [1.807, 2.05) is 29.7 Å². The number of nitrogens with one attached hydrogen (secondary N) is 1. The number of aryl methyl sites for hydroxylation is 2. The summed E-state index contributed by atoms with van der Waals surface area (Å²) in [6.07, 6.45) is 3.22. The van der Waals surface area contributed by atoms with Gasteiger partial charge in [0.05, 0.1) is 23.1 Å². The number of halogens is 3. The van der Waals surface area contributed by atoms with E-state index in [0.717, 1.165) is 23.6 Å². The lowest BCUT2D eigenvalue weighted by Crippen LogP contribution is -2.15. The van der Waals surface area contributed by atoms with Crippen LogP contribution in [0.2, 0.25) is 15.1 Å². The molecule has 0 aliphatic rings. The van der Waals surface area contributed by atoms with Crippen LogP contribution in [0.4, 0.5) is 5.69 Å². The van der Waals surface area contributed by atoms with E-state index in [0.29, 0.717) is 45.5 Å². The first-order valence-corrected chi connectivity index (χ1v) is 12.3. The molecule has 10 heteroatoms. The monoisotopic (exact) mass is 524 g/mol. The molecule has 1 amide bonds. The number of benzene rings is 2. The average Bonchev–Trinajstić information content (AvgIpc) is 3.15. The molecule has 0 atom stereocenters. The molecule has 0 saturated carbocycles. The van der Waals surface area contributed by atoms with E-state index >= 15 is 0 Å². The molecule has 2 aromatic carbocycles. The molecule has 0 unspecified atom stereocenters. The maximum Gasteiger partial charge on any atom is 0.234 e. The van der Waals surface area contributed by atoms with Gasteiger partial charge in [0.25, 0.3) is 0 Å². The third-order valence-electron chi connectivity index (χ3n) is 4.58. The summed E-state index contributed by atoms with van der Waals surface area (Å²) < 4.78 is 7.81. The van der Waals surface area contributed by atoms with E-state index in [1.54, 1.807) is 24.3 Å². The third-order valence-corrected chi connectivity index (χ3v) is 6.33. The Hall–Kier alpha value is -2.19. The molecule has 0 fully saturated rings. The molecule has 0 saturated heterocycles. The Kier molecular flexibility index (Phi) is 9.50. The molecular formula is C23H23Cl3N4O2S. The van der Waals surface area contributed by atoms with Crippen LogP contribution in [0.25, 0.3) is 0 Å². The number of allylic oxidation sites excluding steroid dienone is 1. The van der Waals surface area contributed by atoms with Crippen molar-refractivity contribution in [1.82, 2.24) is 14.8 Å². The Morgan fingerprint density at radius 1 is 1.18 bits per heavy atom. The van der Waals surface area contributed by atoms with Crippen LogP contribution in [0.1, 0.15) is 17.8 Å². The molecule has 1 heterocycles. The lowest BCUT2D eigenvalue weighted by atomic mass is 10.2. The Bertz CT molecular complexity index is 1140. The van der Waals surface area contributed by atoms with Crippen LogP contribution >= 0.6 is 46.6 Å². The molecular weight excluding hydrogens is 503 g/mol. The van der Waals surface area contributed by atoms with E-state index in [2.05, 4.69) is 22.1 Å². The fraction of sp³-hybridized carbons (Fsp3) is 0.261. The predicted octanol–water partition coefficient (Wildman–Crippen LogP) is 6.48. The second-order valence-electron chi connectivity index (χ2n) is 7.12. The topological polar surface area (TPSA) is 69.0 Å². The van der Waals surface area contributed by atoms with Crippen LogP contribution in [0.5, 0.6) is 5.75 Å². The number of anilines is 1. The molecule has 0 aliphatic heterocycles. The molecule has 0 bridgehead atoms. The van der Waals surface area contributed by atoms with E-state index in [-0.39, 0.29) is 11.7 Å². The quantitative estimate of drug-likeness (QED) is 0.176. The number of carbonyl (C=O) groups excluding carboxylic acids is 1. The van der Waals surface area contributed by atoms with Gasteiger partial charge in [0.1, 0.15) is 11.6 Å². The van der Waals surface area contributed by atoms with Crippen molar-refractivity contribution in [2.24, 2.45) is 0 Å². The Morgan fingerprint density at radius 3 is 2.67 bits per heavy atom. The zero-order valence-electron chi connectivity index (χ0n) is 18.0. The molecule has 1 aromatic heterocycles. The van der Waals surface area contributed by atoms with E-state index in [1.165, 1.54) is 11.8 Å². The van der Waals surface area contributed by atoms with Gasteiger partial charge in [-0.25, -0.2) is 0 Å². The van der Waals surface area contributed by atoms with Crippen LogP contribution < -0.4 is 10.1 Å². The smallest absolute Gasteiger partial charge is 0.234 e. The number of nitrogens with zero attached hydrogens (tertiary/aromatic N) is 3. The number of thioether (sulfide) groups is 1. The molecule has 0 spiro atoms. The van der Waals surface area contributed by atoms with Gasteiger partial charge in [0, 0.05) is 23.0 Å². The highest BCUT2D eigenvalue weighted by molar-refractivity contribution is 7.99. The molecule has 0 aliphatic carbocycles. The minimum atomic E-state index is -0.203. The molecule has 1 N–H and O–H groups in total. The first-order valence-electron chi connectivity index (χ1n) is 10.2. The number of hydrogen-bond donors (Lipinski definition) is 1. The summed E-state index contributed by atoms with van der Waals surface area (Å²) in [5.74, 6) is 1.59. The fourth-order valence-corrected chi connectivity index (χ4v) is 4.47. The second-order valence-corrected chi connectivity index (χ2v) is 9.34. The highest BCUT2D eigenvalue weighted by Gasteiger charge is 2.14. The Labute approximate surface area is 212 Å². The Balaban J connectivity index is 1.53. The number of aromatic nitrogens is 3. The zero-order valence-corrected chi connectivity index (χ0v) is 21.1. The number of rotatable bonds is 11. The van der Waals surface area contributed by atoms with Crippen molar-refractivity contribution in [3.8, 4) is 5.75 Å². The van der Waals surface area contributed by atoms with Gasteiger partial charge < -0.3 is 14.6 Å². The molecule has 6 nitrogen and oxygen atoms in total. The van der Waals surface area contributed by atoms with Crippen molar-refractivity contribution in [3.63, 3.8) is 0 Å². The van der Waals surface area contributed by atoms with Crippen LogP contribution in [-0.4, -0.2) is 33.0 Å². The van der Waals surface area contributed by atoms with Gasteiger partial charge in [-0.1, -0.05) is 52.6 Å². The Morgan fingerprint density at radius 2 is 1.94 bits per heavy atom. The van der Waals surface area contributed by atoms with E-state index < -0.39 is 0 Å². The van der Waals surface area contributed by atoms with Gasteiger partial charge in [0.15, 0.2) is 5.16 Å². The van der Waals surface area contributed by atoms with Crippen LogP contribution in [0.15, 0.2) is 54.2 Å². The van der Waals surface area contributed by atoms with Crippen molar-refractivity contribution < 1.29 is 9.53 Å². The second kappa shape index (κ2) is 12.3. The fourth-order valence-electron chi connectivity index (χ4n) is 3.02. The van der Waals surface area contributed by atoms with Crippen LogP contribution in [0, 0.1) is 6.92 Å². The SMILES string of the molecule is C=CCn1c(CCCOc2ccc(Cl)cc2C)nnc1SCC(=O)Nc1ccc(Cl)cc1Cl. The predicted molar refractivity (Wildman–Crippen MR) is 136 cm³/mol. The summed E-state index contributed by atoms with van der Waals surface area (Å²) >= 11 is 19.3. The van der Waals surface area contributed by atoms with Gasteiger partial charge in [-0.3, -0.25) is 4.79 Å². The maximum atomic E-state index is 12.4. The number of ether oxygens (including phenoxy) is 1.